The highest BCUT2D eigenvalue weighted by Crippen LogP contribution is 2.39. The maximum atomic E-state index is 12.3. The summed E-state index contributed by atoms with van der Waals surface area (Å²) in [6, 6.07) is 1.66. The third kappa shape index (κ3) is 2.92. The van der Waals surface area contributed by atoms with Gasteiger partial charge >= 0.3 is 0 Å². The topological polar surface area (TPSA) is 99.4 Å². The molecule has 1 amide bonds. The van der Waals surface area contributed by atoms with E-state index in [1.807, 2.05) is 24.7 Å². The lowest BCUT2D eigenvalue weighted by Crippen LogP contribution is -2.30. The van der Waals surface area contributed by atoms with E-state index in [4.69, 9.17) is 4.98 Å². The van der Waals surface area contributed by atoms with Crippen LogP contribution in [0.4, 0.5) is 0 Å². The highest BCUT2D eigenvalue weighted by atomic mass is 32.1. The molecule has 0 radical (unpaired) electrons. The first-order chi connectivity index (χ1) is 14.2. The lowest BCUT2D eigenvalue weighted by atomic mass is 9.98. The average molecular weight is 425 g/mol. The standard InChI is InChI=1S/C21H24N6O2S/c1-11(28)26-10-12(29)7-14(26)19-25-17(16-9-24-20(30-16)21(2,3)4)15-8-23-18-13(27(15)19)5-6-22-18/h5-6,8-9,12,14,22,29H,7,10H2,1-4H3. The summed E-state index contributed by atoms with van der Waals surface area (Å²) in [6.45, 7) is 8.28. The van der Waals surface area contributed by atoms with Crippen LogP contribution in [0, 0.1) is 0 Å². The van der Waals surface area contributed by atoms with Gasteiger partial charge in [-0.05, 0) is 6.07 Å². The molecule has 30 heavy (non-hydrogen) atoms. The zero-order valence-electron chi connectivity index (χ0n) is 17.4. The number of fused-ring (bicyclic) bond motifs is 3. The molecule has 0 bridgehead atoms. The molecular weight excluding hydrogens is 400 g/mol. The van der Waals surface area contributed by atoms with Crippen LogP contribution in [0.5, 0.6) is 0 Å². The summed E-state index contributed by atoms with van der Waals surface area (Å²) in [5.41, 5.74) is 3.27. The maximum Gasteiger partial charge on any atom is 0.220 e. The van der Waals surface area contributed by atoms with Gasteiger partial charge in [-0.1, -0.05) is 20.8 Å². The number of likely N-dealkylation sites (tertiary alicyclic amines) is 1. The second-order valence-electron chi connectivity index (χ2n) is 8.87. The van der Waals surface area contributed by atoms with E-state index in [-0.39, 0.29) is 17.4 Å². The van der Waals surface area contributed by atoms with Gasteiger partial charge in [0.1, 0.15) is 11.5 Å². The van der Waals surface area contributed by atoms with Crippen LogP contribution in [0.1, 0.15) is 51.0 Å². The summed E-state index contributed by atoms with van der Waals surface area (Å²) in [5.74, 6) is 0.673. The van der Waals surface area contributed by atoms with Gasteiger partial charge in [-0.3, -0.25) is 9.20 Å². The van der Waals surface area contributed by atoms with E-state index in [2.05, 4.69) is 40.1 Å². The number of hydrogen-bond acceptors (Lipinski definition) is 6. The SMILES string of the molecule is CC(=O)N1CC(O)CC1c1nc(-c2cnc(C(C)(C)C)s2)c2cnc3[nH]ccc3n12. The summed E-state index contributed by atoms with van der Waals surface area (Å²) >= 11 is 1.63. The molecule has 0 saturated carbocycles. The van der Waals surface area contributed by atoms with E-state index in [9.17, 15) is 9.90 Å². The monoisotopic (exact) mass is 424 g/mol. The first kappa shape index (κ1) is 19.2. The number of aromatic amines is 1. The number of imidazole rings is 1. The molecule has 0 aromatic carbocycles. The molecule has 4 aromatic heterocycles. The van der Waals surface area contributed by atoms with Gasteiger partial charge in [0.05, 0.1) is 39.3 Å². The van der Waals surface area contributed by atoms with E-state index in [1.54, 1.807) is 16.2 Å². The number of aromatic nitrogens is 5. The number of carbonyl (C=O) groups is 1. The highest BCUT2D eigenvalue weighted by molar-refractivity contribution is 7.15. The van der Waals surface area contributed by atoms with Crippen molar-refractivity contribution in [2.24, 2.45) is 0 Å². The molecule has 1 fully saturated rings. The Balaban J connectivity index is 1.76. The van der Waals surface area contributed by atoms with Gasteiger partial charge in [-0.25, -0.2) is 15.0 Å². The van der Waals surface area contributed by atoms with Crippen LogP contribution >= 0.6 is 11.3 Å². The number of aliphatic hydroxyl groups excluding tert-OH is 1. The molecule has 4 aromatic rings. The van der Waals surface area contributed by atoms with Crippen molar-refractivity contribution in [3.8, 4) is 10.6 Å². The summed E-state index contributed by atoms with van der Waals surface area (Å²) in [5, 5.41) is 11.3. The Bertz CT molecular complexity index is 1260. The fourth-order valence-corrected chi connectivity index (χ4v) is 5.10. The predicted molar refractivity (Wildman–Crippen MR) is 115 cm³/mol. The van der Waals surface area contributed by atoms with Gasteiger partial charge in [0, 0.05) is 37.7 Å². The normalized spacial score (nSPS) is 20.0. The molecular formula is C21H24N6O2S. The second-order valence-corrected chi connectivity index (χ2v) is 9.90. The van der Waals surface area contributed by atoms with Crippen molar-refractivity contribution in [2.75, 3.05) is 6.54 Å². The van der Waals surface area contributed by atoms with Crippen molar-refractivity contribution >= 4 is 33.9 Å². The van der Waals surface area contributed by atoms with Crippen molar-refractivity contribution < 1.29 is 9.90 Å². The lowest BCUT2D eigenvalue weighted by Gasteiger charge is -2.22. The zero-order chi connectivity index (χ0) is 21.2. The summed E-state index contributed by atoms with van der Waals surface area (Å²) in [6.07, 6.45) is 5.42. The number of thiazole rings is 1. The zero-order valence-corrected chi connectivity index (χ0v) is 18.2. The van der Waals surface area contributed by atoms with Gasteiger partial charge in [-0.2, -0.15) is 0 Å². The van der Waals surface area contributed by atoms with Crippen LogP contribution in [0.15, 0.2) is 24.7 Å². The number of aliphatic hydroxyl groups is 1. The molecule has 1 aliphatic heterocycles. The molecule has 2 N–H and O–H groups in total. The number of nitrogens with one attached hydrogen (secondary N) is 1. The van der Waals surface area contributed by atoms with Gasteiger partial charge in [-0.15, -0.1) is 11.3 Å². The minimum atomic E-state index is -0.561. The van der Waals surface area contributed by atoms with Gasteiger partial charge in [0.15, 0.2) is 5.65 Å². The average Bonchev–Trinajstić information content (AvgIpc) is 3.43. The number of H-pyrrole nitrogens is 1. The van der Waals surface area contributed by atoms with Gasteiger partial charge in [0.25, 0.3) is 0 Å². The fourth-order valence-electron chi connectivity index (χ4n) is 4.13. The predicted octanol–water partition coefficient (Wildman–Crippen LogP) is 3.29. The van der Waals surface area contributed by atoms with E-state index in [0.29, 0.717) is 13.0 Å². The maximum absolute atomic E-state index is 12.3. The number of β-amino-alcohol motifs (C(OH)–C–C–N with tert-alkyl or cyclic N) is 1. The van der Waals surface area contributed by atoms with Crippen molar-refractivity contribution in [1.29, 1.82) is 0 Å². The number of carbonyl (C=O) groups excluding carboxylic acids is 1. The van der Waals surface area contributed by atoms with Gasteiger partial charge in [0.2, 0.25) is 5.91 Å². The lowest BCUT2D eigenvalue weighted by molar-refractivity contribution is -0.130. The summed E-state index contributed by atoms with van der Waals surface area (Å²) in [7, 11) is 0. The first-order valence-corrected chi connectivity index (χ1v) is 10.8. The molecule has 2 atom stereocenters. The Hall–Kier alpha value is -2.78. The largest absolute Gasteiger partial charge is 0.391 e. The van der Waals surface area contributed by atoms with Gasteiger partial charge < -0.3 is 15.0 Å². The third-order valence-electron chi connectivity index (χ3n) is 5.56. The molecule has 156 valence electrons. The van der Waals surface area contributed by atoms with Crippen molar-refractivity contribution in [2.45, 2.75) is 51.7 Å². The van der Waals surface area contributed by atoms with Crippen molar-refractivity contribution in [1.82, 2.24) is 29.2 Å². The molecule has 0 spiro atoms. The van der Waals surface area contributed by atoms with Crippen LogP contribution in [0.3, 0.4) is 0 Å². The first-order valence-electron chi connectivity index (χ1n) is 10.0. The minimum absolute atomic E-state index is 0.0472. The molecule has 8 nitrogen and oxygen atoms in total. The Morgan fingerprint density at radius 1 is 1.27 bits per heavy atom. The fraction of sp³-hybridized carbons (Fsp3) is 0.429. The Morgan fingerprint density at radius 3 is 2.77 bits per heavy atom. The highest BCUT2D eigenvalue weighted by Gasteiger charge is 2.37. The second kappa shape index (κ2) is 6.61. The molecule has 2 unspecified atom stereocenters. The third-order valence-corrected chi connectivity index (χ3v) is 6.99. The van der Waals surface area contributed by atoms with Crippen LogP contribution in [0.25, 0.3) is 27.3 Å². The Kier molecular flexibility index (Phi) is 4.23. The van der Waals surface area contributed by atoms with E-state index >= 15 is 0 Å². The summed E-state index contributed by atoms with van der Waals surface area (Å²) in [4.78, 5) is 32.3. The Labute approximate surface area is 177 Å². The molecule has 1 saturated heterocycles. The smallest absolute Gasteiger partial charge is 0.220 e. The van der Waals surface area contributed by atoms with Crippen LogP contribution in [-0.4, -0.2) is 52.9 Å². The molecule has 5 heterocycles. The number of hydrogen-bond donors (Lipinski definition) is 2. The Morgan fingerprint density at radius 2 is 2.07 bits per heavy atom. The van der Waals surface area contributed by atoms with Crippen molar-refractivity contribution in [3.05, 3.63) is 35.5 Å². The molecule has 5 rings (SSSR count). The molecule has 1 aliphatic rings. The number of nitrogens with zero attached hydrogens (tertiary/aromatic N) is 5. The molecule has 0 aliphatic carbocycles. The van der Waals surface area contributed by atoms with E-state index < -0.39 is 6.10 Å². The quantitative estimate of drug-likeness (QED) is 0.514. The van der Waals surface area contributed by atoms with E-state index in [0.717, 1.165) is 38.1 Å². The summed E-state index contributed by atoms with van der Waals surface area (Å²) < 4.78 is 2.06. The molecule has 9 heteroatoms. The number of rotatable bonds is 2. The minimum Gasteiger partial charge on any atom is -0.391 e. The van der Waals surface area contributed by atoms with Crippen LogP contribution < -0.4 is 0 Å². The van der Waals surface area contributed by atoms with Crippen LogP contribution in [0.2, 0.25) is 0 Å². The number of amides is 1. The van der Waals surface area contributed by atoms with Crippen LogP contribution in [-0.2, 0) is 10.2 Å². The van der Waals surface area contributed by atoms with E-state index in [1.165, 1.54) is 6.92 Å². The van der Waals surface area contributed by atoms with Crippen molar-refractivity contribution in [3.63, 3.8) is 0 Å².